The van der Waals surface area contributed by atoms with Gasteiger partial charge in [0.25, 0.3) is 5.91 Å². The molecule has 0 spiro atoms. The molecular weight excluding hydrogens is 290 g/mol. The SMILES string of the molecule is CCCCCNc1cc(C(=O)NCc2ccncc2)nc(C)n1. The molecule has 0 aliphatic heterocycles. The van der Waals surface area contributed by atoms with Crippen molar-refractivity contribution in [3.05, 3.63) is 47.7 Å². The fourth-order valence-electron chi connectivity index (χ4n) is 2.14. The Kier molecular flexibility index (Phi) is 6.47. The number of nitrogens with zero attached hydrogens (tertiary/aromatic N) is 3. The van der Waals surface area contributed by atoms with E-state index in [4.69, 9.17) is 0 Å². The lowest BCUT2D eigenvalue weighted by molar-refractivity contribution is 0.0945. The largest absolute Gasteiger partial charge is 0.370 e. The van der Waals surface area contributed by atoms with Gasteiger partial charge in [-0.15, -0.1) is 0 Å². The van der Waals surface area contributed by atoms with Gasteiger partial charge in [0.05, 0.1) is 0 Å². The van der Waals surface area contributed by atoms with E-state index in [-0.39, 0.29) is 5.91 Å². The molecule has 0 aliphatic rings. The fourth-order valence-corrected chi connectivity index (χ4v) is 2.14. The van der Waals surface area contributed by atoms with Crippen molar-refractivity contribution in [2.24, 2.45) is 0 Å². The number of carbonyl (C=O) groups excluding carboxylic acids is 1. The van der Waals surface area contributed by atoms with Crippen molar-refractivity contribution >= 4 is 11.7 Å². The monoisotopic (exact) mass is 313 g/mol. The van der Waals surface area contributed by atoms with Crippen LogP contribution in [-0.4, -0.2) is 27.4 Å². The second kappa shape index (κ2) is 8.82. The molecule has 1 amide bonds. The highest BCUT2D eigenvalue weighted by Gasteiger charge is 2.10. The fraction of sp³-hybridized carbons (Fsp3) is 0.412. The van der Waals surface area contributed by atoms with Crippen molar-refractivity contribution in [1.82, 2.24) is 20.3 Å². The lowest BCUT2D eigenvalue weighted by Crippen LogP contribution is -2.24. The summed E-state index contributed by atoms with van der Waals surface area (Å²) in [5.41, 5.74) is 1.38. The highest BCUT2D eigenvalue weighted by atomic mass is 16.1. The van der Waals surface area contributed by atoms with Gasteiger partial charge < -0.3 is 10.6 Å². The number of nitrogens with one attached hydrogen (secondary N) is 2. The second-order valence-electron chi connectivity index (χ2n) is 5.36. The minimum absolute atomic E-state index is 0.205. The zero-order valence-corrected chi connectivity index (χ0v) is 13.7. The Morgan fingerprint density at radius 1 is 1.17 bits per heavy atom. The lowest BCUT2D eigenvalue weighted by atomic mass is 10.2. The molecule has 0 unspecified atom stereocenters. The highest BCUT2D eigenvalue weighted by Crippen LogP contribution is 2.08. The zero-order valence-electron chi connectivity index (χ0n) is 13.7. The predicted molar refractivity (Wildman–Crippen MR) is 90.2 cm³/mol. The average molecular weight is 313 g/mol. The van der Waals surface area contributed by atoms with Crippen molar-refractivity contribution < 1.29 is 4.79 Å². The van der Waals surface area contributed by atoms with E-state index in [0.717, 1.165) is 18.5 Å². The maximum atomic E-state index is 12.3. The Labute approximate surface area is 136 Å². The number of amides is 1. The molecule has 0 aromatic carbocycles. The van der Waals surface area contributed by atoms with Gasteiger partial charge in [0.2, 0.25) is 0 Å². The normalized spacial score (nSPS) is 10.3. The van der Waals surface area contributed by atoms with Crippen LogP contribution in [0.3, 0.4) is 0 Å². The van der Waals surface area contributed by atoms with E-state index >= 15 is 0 Å². The van der Waals surface area contributed by atoms with E-state index in [1.165, 1.54) is 12.8 Å². The third-order valence-corrected chi connectivity index (χ3v) is 3.36. The summed E-state index contributed by atoms with van der Waals surface area (Å²) in [5, 5.41) is 6.11. The van der Waals surface area contributed by atoms with E-state index in [0.29, 0.717) is 23.9 Å². The third kappa shape index (κ3) is 5.65. The highest BCUT2D eigenvalue weighted by molar-refractivity contribution is 5.92. The van der Waals surface area contributed by atoms with Gasteiger partial charge in [0.1, 0.15) is 17.3 Å². The number of anilines is 1. The molecule has 2 aromatic rings. The number of pyridine rings is 1. The van der Waals surface area contributed by atoms with Gasteiger partial charge in [-0.3, -0.25) is 9.78 Å². The van der Waals surface area contributed by atoms with E-state index < -0.39 is 0 Å². The molecule has 0 atom stereocenters. The molecule has 0 fully saturated rings. The number of aryl methyl sites for hydroxylation is 1. The number of aromatic nitrogens is 3. The number of hydrogen-bond donors (Lipinski definition) is 2. The molecule has 0 bridgehead atoms. The van der Waals surface area contributed by atoms with Crippen molar-refractivity contribution in [3.63, 3.8) is 0 Å². The topological polar surface area (TPSA) is 79.8 Å². The number of carbonyl (C=O) groups is 1. The molecule has 0 saturated carbocycles. The van der Waals surface area contributed by atoms with Crippen LogP contribution in [0.25, 0.3) is 0 Å². The van der Waals surface area contributed by atoms with Crippen LogP contribution in [0.4, 0.5) is 5.82 Å². The van der Waals surface area contributed by atoms with E-state index in [1.807, 2.05) is 12.1 Å². The van der Waals surface area contributed by atoms with Gasteiger partial charge in [0, 0.05) is 31.5 Å². The van der Waals surface area contributed by atoms with Gasteiger partial charge in [-0.2, -0.15) is 0 Å². The van der Waals surface area contributed by atoms with Crippen molar-refractivity contribution in [2.75, 3.05) is 11.9 Å². The molecule has 2 aromatic heterocycles. The summed E-state index contributed by atoms with van der Waals surface area (Å²) >= 11 is 0. The Hall–Kier alpha value is -2.50. The second-order valence-corrected chi connectivity index (χ2v) is 5.36. The first-order valence-electron chi connectivity index (χ1n) is 7.95. The first-order valence-corrected chi connectivity index (χ1v) is 7.95. The summed E-state index contributed by atoms with van der Waals surface area (Å²) in [7, 11) is 0. The van der Waals surface area contributed by atoms with E-state index in [2.05, 4.69) is 32.5 Å². The molecule has 0 radical (unpaired) electrons. The van der Waals surface area contributed by atoms with Crippen LogP contribution in [0.1, 0.15) is 48.1 Å². The number of unbranched alkanes of at least 4 members (excludes halogenated alkanes) is 2. The molecule has 0 saturated heterocycles. The molecular formula is C17H23N5O. The van der Waals surface area contributed by atoms with Gasteiger partial charge in [-0.25, -0.2) is 9.97 Å². The van der Waals surface area contributed by atoms with Gasteiger partial charge in [-0.05, 0) is 31.0 Å². The molecule has 2 heterocycles. The Morgan fingerprint density at radius 2 is 1.96 bits per heavy atom. The zero-order chi connectivity index (χ0) is 16.5. The van der Waals surface area contributed by atoms with Crippen molar-refractivity contribution in [1.29, 1.82) is 0 Å². The molecule has 2 rings (SSSR count). The summed E-state index contributed by atoms with van der Waals surface area (Å²) in [6.45, 7) is 5.25. The molecule has 0 aliphatic carbocycles. The standard InChI is InChI=1S/C17H23N5O/c1-3-4-5-8-19-16-11-15(21-13(2)22-16)17(23)20-12-14-6-9-18-10-7-14/h6-7,9-11H,3-5,8,12H2,1-2H3,(H,20,23)(H,19,21,22). The summed E-state index contributed by atoms with van der Waals surface area (Å²) in [4.78, 5) is 24.7. The molecule has 6 nitrogen and oxygen atoms in total. The Bertz CT molecular complexity index is 630. The summed E-state index contributed by atoms with van der Waals surface area (Å²) in [6.07, 6.45) is 6.84. The van der Waals surface area contributed by atoms with Crippen LogP contribution in [0.5, 0.6) is 0 Å². The average Bonchev–Trinajstić information content (AvgIpc) is 2.57. The van der Waals surface area contributed by atoms with Gasteiger partial charge in [0.15, 0.2) is 0 Å². The predicted octanol–water partition coefficient (Wildman–Crippen LogP) is 2.71. The van der Waals surface area contributed by atoms with Gasteiger partial charge in [-0.1, -0.05) is 19.8 Å². The molecule has 122 valence electrons. The third-order valence-electron chi connectivity index (χ3n) is 3.36. The maximum Gasteiger partial charge on any atom is 0.270 e. The summed E-state index contributed by atoms with van der Waals surface area (Å²) in [5.74, 6) is 1.08. The van der Waals surface area contributed by atoms with Crippen molar-refractivity contribution in [3.8, 4) is 0 Å². The lowest BCUT2D eigenvalue weighted by Gasteiger charge is -2.09. The van der Waals surface area contributed by atoms with Crippen molar-refractivity contribution in [2.45, 2.75) is 39.7 Å². The van der Waals surface area contributed by atoms with Crippen LogP contribution in [0.15, 0.2) is 30.6 Å². The maximum absolute atomic E-state index is 12.3. The summed E-state index contributed by atoms with van der Waals surface area (Å²) in [6, 6.07) is 5.43. The minimum atomic E-state index is -0.205. The van der Waals surface area contributed by atoms with Crippen LogP contribution < -0.4 is 10.6 Å². The van der Waals surface area contributed by atoms with Crippen LogP contribution in [-0.2, 0) is 6.54 Å². The number of rotatable bonds is 8. The van der Waals surface area contributed by atoms with Gasteiger partial charge >= 0.3 is 0 Å². The van der Waals surface area contributed by atoms with E-state index in [9.17, 15) is 4.79 Å². The quantitative estimate of drug-likeness (QED) is 0.733. The Morgan fingerprint density at radius 3 is 2.70 bits per heavy atom. The van der Waals surface area contributed by atoms with Crippen LogP contribution in [0.2, 0.25) is 0 Å². The Balaban J connectivity index is 1.95. The molecule has 23 heavy (non-hydrogen) atoms. The molecule has 6 heteroatoms. The van der Waals surface area contributed by atoms with E-state index in [1.54, 1.807) is 25.4 Å². The molecule has 2 N–H and O–H groups in total. The first-order chi connectivity index (χ1) is 11.2. The van der Waals surface area contributed by atoms with Crippen LogP contribution >= 0.6 is 0 Å². The minimum Gasteiger partial charge on any atom is -0.370 e. The smallest absolute Gasteiger partial charge is 0.270 e. The first kappa shape index (κ1) is 16.9. The summed E-state index contributed by atoms with van der Waals surface area (Å²) < 4.78 is 0. The van der Waals surface area contributed by atoms with Crippen LogP contribution in [0, 0.1) is 6.92 Å². The number of hydrogen-bond acceptors (Lipinski definition) is 5.